The number of carbonyl (C=O) groups is 1. The topological polar surface area (TPSA) is 66.6 Å². The van der Waals surface area contributed by atoms with Crippen LogP contribution in [0.4, 0.5) is 0 Å². The molecule has 0 radical (unpaired) electrons. The standard InChI is InChI=1S/C15H11Cl2N3O/c16-15(17)11-3-1-10(2-4-11)14(21)8-7-12-5-6-13(9-18)20-19-12/h1-6,15H,7-8H2. The van der Waals surface area contributed by atoms with Crippen molar-refractivity contribution in [3.8, 4) is 6.07 Å². The molecule has 0 atom stereocenters. The monoisotopic (exact) mass is 319 g/mol. The third kappa shape index (κ3) is 4.25. The first-order valence-electron chi connectivity index (χ1n) is 6.24. The molecule has 106 valence electrons. The van der Waals surface area contributed by atoms with E-state index in [1.807, 2.05) is 6.07 Å². The van der Waals surface area contributed by atoms with Gasteiger partial charge in [-0.3, -0.25) is 4.79 Å². The van der Waals surface area contributed by atoms with E-state index >= 15 is 0 Å². The molecule has 0 unspecified atom stereocenters. The lowest BCUT2D eigenvalue weighted by molar-refractivity contribution is 0.0982. The van der Waals surface area contributed by atoms with Crippen molar-refractivity contribution in [3.63, 3.8) is 0 Å². The number of rotatable bonds is 5. The molecule has 0 saturated carbocycles. The van der Waals surface area contributed by atoms with E-state index < -0.39 is 4.84 Å². The fourth-order valence-corrected chi connectivity index (χ4v) is 2.04. The van der Waals surface area contributed by atoms with Gasteiger partial charge in [0, 0.05) is 12.0 Å². The summed E-state index contributed by atoms with van der Waals surface area (Å²) < 4.78 is 0. The van der Waals surface area contributed by atoms with Crippen LogP contribution < -0.4 is 0 Å². The molecule has 1 heterocycles. The third-order valence-corrected chi connectivity index (χ3v) is 3.43. The maximum Gasteiger partial charge on any atom is 0.163 e. The van der Waals surface area contributed by atoms with Crippen LogP contribution in [0.1, 0.15) is 38.6 Å². The lowest BCUT2D eigenvalue weighted by Gasteiger charge is -2.04. The van der Waals surface area contributed by atoms with Gasteiger partial charge < -0.3 is 0 Å². The SMILES string of the molecule is N#Cc1ccc(CCC(=O)c2ccc(C(Cl)Cl)cc2)nn1. The first-order chi connectivity index (χ1) is 10.1. The average Bonchev–Trinajstić information content (AvgIpc) is 2.53. The number of benzene rings is 1. The summed E-state index contributed by atoms with van der Waals surface area (Å²) in [6.07, 6.45) is 0.804. The summed E-state index contributed by atoms with van der Waals surface area (Å²) in [6, 6.07) is 12.1. The summed E-state index contributed by atoms with van der Waals surface area (Å²) in [5.74, 6) is 0.00778. The number of hydrogen-bond donors (Lipinski definition) is 0. The summed E-state index contributed by atoms with van der Waals surface area (Å²) in [5.41, 5.74) is 2.31. The molecule has 0 bridgehead atoms. The highest BCUT2D eigenvalue weighted by molar-refractivity contribution is 6.44. The van der Waals surface area contributed by atoms with E-state index in [0.717, 1.165) is 5.56 Å². The predicted octanol–water partition coefficient (Wildman–Crippen LogP) is 3.64. The van der Waals surface area contributed by atoms with Gasteiger partial charge in [-0.25, -0.2) is 0 Å². The van der Waals surface area contributed by atoms with Crippen molar-refractivity contribution >= 4 is 29.0 Å². The minimum absolute atomic E-state index is 0.00778. The van der Waals surface area contributed by atoms with Gasteiger partial charge in [0.2, 0.25) is 0 Å². The number of aromatic nitrogens is 2. The quantitative estimate of drug-likeness (QED) is 0.623. The van der Waals surface area contributed by atoms with Crippen LogP contribution in [0, 0.1) is 11.3 Å². The smallest absolute Gasteiger partial charge is 0.163 e. The van der Waals surface area contributed by atoms with Gasteiger partial charge in [-0.15, -0.1) is 28.3 Å². The first-order valence-corrected chi connectivity index (χ1v) is 7.11. The largest absolute Gasteiger partial charge is 0.294 e. The van der Waals surface area contributed by atoms with Crippen LogP contribution in [0.25, 0.3) is 0 Å². The number of carbonyl (C=O) groups excluding carboxylic acids is 1. The van der Waals surface area contributed by atoms with Crippen molar-refractivity contribution in [2.45, 2.75) is 17.7 Å². The Balaban J connectivity index is 1.96. The molecule has 0 N–H and O–H groups in total. The Kier molecular flexibility index (Phi) is 5.26. The van der Waals surface area contributed by atoms with Gasteiger partial charge in [-0.2, -0.15) is 10.4 Å². The minimum atomic E-state index is -0.594. The Morgan fingerprint density at radius 1 is 1.14 bits per heavy atom. The highest BCUT2D eigenvalue weighted by Gasteiger charge is 2.09. The fraction of sp³-hybridized carbons (Fsp3) is 0.200. The van der Waals surface area contributed by atoms with Crippen molar-refractivity contribution < 1.29 is 4.79 Å². The highest BCUT2D eigenvalue weighted by Crippen LogP contribution is 2.24. The summed E-state index contributed by atoms with van der Waals surface area (Å²) >= 11 is 11.5. The van der Waals surface area contributed by atoms with Crippen LogP contribution in [0.3, 0.4) is 0 Å². The lowest BCUT2D eigenvalue weighted by Crippen LogP contribution is -2.03. The second-order valence-corrected chi connectivity index (χ2v) is 5.46. The number of hydrogen-bond acceptors (Lipinski definition) is 4. The maximum absolute atomic E-state index is 12.1. The molecule has 1 aromatic heterocycles. The van der Waals surface area contributed by atoms with Crippen molar-refractivity contribution in [1.29, 1.82) is 5.26 Å². The second kappa shape index (κ2) is 7.16. The number of nitrogens with zero attached hydrogens (tertiary/aromatic N) is 3. The van der Waals surface area contributed by atoms with Crippen LogP contribution >= 0.6 is 23.2 Å². The summed E-state index contributed by atoms with van der Waals surface area (Å²) in [4.78, 5) is 11.5. The second-order valence-electron chi connectivity index (χ2n) is 4.37. The predicted molar refractivity (Wildman–Crippen MR) is 80.3 cm³/mol. The van der Waals surface area contributed by atoms with Crippen molar-refractivity contribution in [2.75, 3.05) is 0 Å². The van der Waals surface area contributed by atoms with Crippen molar-refractivity contribution in [2.24, 2.45) is 0 Å². The highest BCUT2D eigenvalue weighted by atomic mass is 35.5. The Labute approximate surface area is 132 Å². The van der Waals surface area contributed by atoms with E-state index in [9.17, 15) is 4.79 Å². The number of nitriles is 1. The van der Waals surface area contributed by atoms with Crippen LogP contribution in [0.15, 0.2) is 36.4 Å². The molecule has 1 aromatic carbocycles. The van der Waals surface area contributed by atoms with Gasteiger partial charge in [0.15, 0.2) is 11.5 Å². The number of aryl methyl sites for hydroxylation is 1. The molecule has 2 aromatic rings. The minimum Gasteiger partial charge on any atom is -0.294 e. The number of alkyl halides is 2. The molecule has 4 nitrogen and oxygen atoms in total. The first kappa shape index (κ1) is 15.4. The van der Waals surface area contributed by atoms with E-state index in [0.29, 0.717) is 24.1 Å². The zero-order valence-corrected chi connectivity index (χ0v) is 12.5. The molecule has 6 heteroatoms. The Morgan fingerprint density at radius 2 is 1.86 bits per heavy atom. The van der Waals surface area contributed by atoms with Gasteiger partial charge >= 0.3 is 0 Å². The van der Waals surface area contributed by atoms with E-state index in [4.69, 9.17) is 28.5 Å². The molecule has 0 aliphatic rings. The summed E-state index contributed by atoms with van der Waals surface area (Å²) in [5, 5.41) is 16.3. The number of Topliss-reactive ketones (excluding diaryl/α,β-unsaturated/α-hetero) is 1. The fourth-order valence-electron chi connectivity index (χ4n) is 1.75. The van der Waals surface area contributed by atoms with E-state index in [2.05, 4.69) is 10.2 Å². The molecule has 0 spiro atoms. The zero-order chi connectivity index (χ0) is 15.2. The van der Waals surface area contributed by atoms with Gasteiger partial charge in [-0.05, 0) is 24.1 Å². The summed E-state index contributed by atoms with van der Waals surface area (Å²) in [6.45, 7) is 0. The van der Waals surface area contributed by atoms with Crippen molar-refractivity contribution in [1.82, 2.24) is 10.2 Å². The Morgan fingerprint density at radius 3 is 2.38 bits per heavy atom. The van der Waals surface area contributed by atoms with E-state index in [1.54, 1.807) is 36.4 Å². The van der Waals surface area contributed by atoms with E-state index in [1.165, 1.54) is 0 Å². The Bertz CT molecular complexity index is 661. The normalized spacial score (nSPS) is 10.4. The van der Waals surface area contributed by atoms with Crippen molar-refractivity contribution in [3.05, 3.63) is 58.9 Å². The Hall–Kier alpha value is -1.96. The van der Waals surface area contributed by atoms with Gasteiger partial charge in [-0.1, -0.05) is 24.3 Å². The van der Waals surface area contributed by atoms with Crippen LogP contribution in [-0.4, -0.2) is 16.0 Å². The molecule has 0 aliphatic heterocycles. The molecule has 2 rings (SSSR count). The number of halogens is 2. The summed E-state index contributed by atoms with van der Waals surface area (Å²) in [7, 11) is 0. The molecule has 0 amide bonds. The molecular weight excluding hydrogens is 309 g/mol. The van der Waals surface area contributed by atoms with Gasteiger partial charge in [0.05, 0.1) is 5.69 Å². The third-order valence-electron chi connectivity index (χ3n) is 2.93. The van der Waals surface area contributed by atoms with E-state index in [-0.39, 0.29) is 11.5 Å². The average molecular weight is 320 g/mol. The zero-order valence-electron chi connectivity index (χ0n) is 11.0. The molecule has 21 heavy (non-hydrogen) atoms. The maximum atomic E-state index is 12.1. The molecule has 0 aliphatic carbocycles. The van der Waals surface area contributed by atoms with Gasteiger partial charge in [0.25, 0.3) is 0 Å². The van der Waals surface area contributed by atoms with Crippen LogP contribution in [0.2, 0.25) is 0 Å². The molecule has 0 saturated heterocycles. The molecule has 0 fully saturated rings. The van der Waals surface area contributed by atoms with Crippen LogP contribution in [-0.2, 0) is 6.42 Å². The van der Waals surface area contributed by atoms with Crippen LogP contribution in [0.5, 0.6) is 0 Å². The lowest BCUT2D eigenvalue weighted by atomic mass is 10.0. The number of ketones is 1. The molecular formula is C15H11Cl2N3O. The van der Waals surface area contributed by atoms with Gasteiger partial charge in [0.1, 0.15) is 10.9 Å².